The molecule has 8 heteroatoms. The van der Waals surface area contributed by atoms with Gasteiger partial charge in [0.2, 0.25) is 0 Å². The number of thioether (sulfide) groups is 1. The lowest BCUT2D eigenvalue weighted by Gasteiger charge is -2.19. The highest BCUT2D eigenvalue weighted by Crippen LogP contribution is 2.23. The van der Waals surface area contributed by atoms with Crippen LogP contribution in [-0.2, 0) is 16.1 Å². The third kappa shape index (κ3) is 5.85. The van der Waals surface area contributed by atoms with Crippen LogP contribution in [0, 0.1) is 0 Å². The standard InChI is InChI=1S/C16H17Cl2N3O2S/c1-3-23-15(22)10-24-16-19-13(18)8-14(20-16)21(2)9-11-5-4-6-12(17)7-11/h4-8H,3,9-10H2,1-2H3. The molecule has 0 fully saturated rings. The summed E-state index contributed by atoms with van der Waals surface area (Å²) in [6.07, 6.45) is 0. The number of aromatic nitrogens is 2. The molecule has 0 saturated carbocycles. The lowest BCUT2D eigenvalue weighted by Crippen LogP contribution is -2.18. The van der Waals surface area contributed by atoms with Gasteiger partial charge in [0.25, 0.3) is 0 Å². The predicted octanol–water partition coefficient (Wildman–Crippen LogP) is 4.08. The van der Waals surface area contributed by atoms with E-state index in [0.717, 1.165) is 5.56 Å². The molecule has 1 aromatic heterocycles. The lowest BCUT2D eigenvalue weighted by molar-refractivity contribution is -0.139. The van der Waals surface area contributed by atoms with Gasteiger partial charge in [-0.05, 0) is 24.6 Å². The van der Waals surface area contributed by atoms with Crippen molar-refractivity contribution in [1.29, 1.82) is 0 Å². The van der Waals surface area contributed by atoms with E-state index < -0.39 is 0 Å². The smallest absolute Gasteiger partial charge is 0.316 e. The van der Waals surface area contributed by atoms with Gasteiger partial charge < -0.3 is 9.64 Å². The van der Waals surface area contributed by atoms with Crippen LogP contribution in [0.1, 0.15) is 12.5 Å². The summed E-state index contributed by atoms with van der Waals surface area (Å²) in [5.41, 5.74) is 1.06. The Morgan fingerprint density at radius 1 is 1.29 bits per heavy atom. The van der Waals surface area contributed by atoms with Crippen molar-refractivity contribution in [2.75, 3.05) is 24.3 Å². The minimum Gasteiger partial charge on any atom is -0.465 e. The number of ether oxygens (including phenoxy) is 1. The summed E-state index contributed by atoms with van der Waals surface area (Å²) in [6, 6.07) is 9.30. The fourth-order valence-corrected chi connectivity index (χ4v) is 3.05. The van der Waals surface area contributed by atoms with E-state index >= 15 is 0 Å². The van der Waals surface area contributed by atoms with Crippen molar-refractivity contribution in [3.63, 3.8) is 0 Å². The number of rotatable bonds is 7. The molecule has 0 spiro atoms. The lowest BCUT2D eigenvalue weighted by atomic mass is 10.2. The maximum absolute atomic E-state index is 11.4. The summed E-state index contributed by atoms with van der Waals surface area (Å²) in [7, 11) is 1.90. The van der Waals surface area contributed by atoms with Crippen molar-refractivity contribution in [2.45, 2.75) is 18.6 Å². The molecule has 0 aliphatic rings. The number of benzene rings is 1. The third-order valence-electron chi connectivity index (χ3n) is 2.99. The molecule has 0 N–H and O–H groups in total. The Bertz CT molecular complexity index is 715. The van der Waals surface area contributed by atoms with Crippen molar-refractivity contribution < 1.29 is 9.53 Å². The van der Waals surface area contributed by atoms with Crippen LogP contribution in [0.3, 0.4) is 0 Å². The molecular formula is C16H17Cl2N3O2S. The second-order valence-corrected chi connectivity index (χ2v) is 6.68. The van der Waals surface area contributed by atoms with Crippen LogP contribution in [0.25, 0.3) is 0 Å². The highest BCUT2D eigenvalue weighted by Gasteiger charge is 2.11. The van der Waals surface area contributed by atoms with Crippen molar-refractivity contribution in [2.24, 2.45) is 0 Å². The number of hydrogen-bond acceptors (Lipinski definition) is 6. The molecule has 1 heterocycles. The molecule has 0 bridgehead atoms. The topological polar surface area (TPSA) is 55.3 Å². The van der Waals surface area contributed by atoms with E-state index in [4.69, 9.17) is 27.9 Å². The van der Waals surface area contributed by atoms with E-state index in [9.17, 15) is 4.79 Å². The SMILES string of the molecule is CCOC(=O)CSc1nc(Cl)cc(N(C)Cc2cccc(Cl)c2)n1. The van der Waals surface area contributed by atoms with Gasteiger partial charge in [-0.15, -0.1) is 0 Å². The maximum Gasteiger partial charge on any atom is 0.316 e. The first-order chi connectivity index (χ1) is 11.5. The summed E-state index contributed by atoms with van der Waals surface area (Å²) >= 11 is 13.3. The molecule has 0 atom stereocenters. The largest absolute Gasteiger partial charge is 0.465 e. The van der Waals surface area contributed by atoms with Gasteiger partial charge in [-0.1, -0.05) is 47.1 Å². The van der Waals surface area contributed by atoms with Crippen molar-refractivity contribution >= 4 is 46.8 Å². The quantitative estimate of drug-likeness (QED) is 0.309. The van der Waals surface area contributed by atoms with Gasteiger partial charge in [0.05, 0.1) is 12.4 Å². The molecule has 1 aromatic carbocycles. The van der Waals surface area contributed by atoms with Crippen LogP contribution >= 0.6 is 35.0 Å². The minimum atomic E-state index is -0.306. The number of carbonyl (C=O) groups is 1. The van der Waals surface area contributed by atoms with Crippen LogP contribution in [0.2, 0.25) is 10.2 Å². The van der Waals surface area contributed by atoms with E-state index in [1.54, 1.807) is 13.0 Å². The van der Waals surface area contributed by atoms with Crippen LogP contribution < -0.4 is 4.90 Å². The Labute approximate surface area is 155 Å². The average molecular weight is 386 g/mol. The summed E-state index contributed by atoms with van der Waals surface area (Å²) in [6.45, 7) is 2.74. The molecular weight excluding hydrogens is 369 g/mol. The number of esters is 1. The Morgan fingerprint density at radius 3 is 2.79 bits per heavy atom. The molecule has 0 amide bonds. The van der Waals surface area contributed by atoms with Gasteiger partial charge in [0.1, 0.15) is 11.0 Å². The summed E-state index contributed by atoms with van der Waals surface area (Å²) < 4.78 is 4.89. The zero-order valence-electron chi connectivity index (χ0n) is 13.3. The van der Waals surface area contributed by atoms with E-state index in [1.807, 2.05) is 36.2 Å². The molecule has 0 saturated heterocycles. The van der Waals surface area contributed by atoms with E-state index in [2.05, 4.69) is 9.97 Å². The Morgan fingerprint density at radius 2 is 2.08 bits per heavy atom. The van der Waals surface area contributed by atoms with E-state index in [-0.39, 0.29) is 11.7 Å². The normalized spacial score (nSPS) is 10.5. The Hall–Kier alpha value is -1.50. The zero-order valence-corrected chi connectivity index (χ0v) is 15.7. The molecule has 0 aliphatic heterocycles. The summed E-state index contributed by atoms with van der Waals surface area (Å²) in [5.74, 6) is 0.507. The van der Waals surface area contributed by atoms with Crippen molar-refractivity contribution in [3.05, 3.63) is 46.1 Å². The van der Waals surface area contributed by atoms with Gasteiger partial charge in [-0.2, -0.15) is 0 Å². The minimum absolute atomic E-state index is 0.144. The Kier molecular flexibility index (Phi) is 7.15. The molecule has 128 valence electrons. The first kappa shape index (κ1) is 18.8. The number of halogens is 2. The van der Waals surface area contributed by atoms with E-state index in [0.29, 0.717) is 34.3 Å². The highest BCUT2D eigenvalue weighted by molar-refractivity contribution is 7.99. The van der Waals surface area contributed by atoms with Gasteiger partial charge in [-0.25, -0.2) is 9.97 Å². The predicted molar refractivity (Wildman–Crippen MR) is 98.0 cm³/mol. The maximum atomic E-state index is 11.4. The van der Waals surface area contributed by atoms with Crippen LogP contribution in [0.5, 0.6) is 0 Å². The monoisotopic (exact) mass is 385 g/mol. The molecule has 0 unspecified atom stereocenters. The van der Waals surface area contributed by atoms with Crippen LogP contribution in [0.15, 0.2) is 35.5 Å². The second kappa shape index (κ2) is 9.11. The van der Waals surface area contributed by atoms with Crippen LogP contribution in [-0.4, -0.2) is 35.3 Å². The molecule has 2 rings (SSSR count). The van der Waals surface area contributed by atoms with Crippen LogP contribution in [0.4, 0.5) is 5.82 Å². The first-order valence-corrected chi connectivity index (χ1v) is 9.00. The first-order valence-electron chi connectivity index (χ1n) is 7.26. The summed E-state index contributed by atoms with van der Waals surface area (Å²) in [5, 5.41) is 1.44. The van der Waals surface area contributed by atoms with Gasteiger partial charge in [0, 0.05) is 24.7 Å². The number of nitrogens with zero attached hydrogens (tertiary/aromatic N) is 3. The van der Waals surface area contributed by atoms with Crippen molar-refractivity contribution in [3.8, 4) is 0 Å². The van der Waals surface area contributed by atoms with Gasteiger partial charge in [-0.3, -0.25) is 4.79 Å². The van der Waals surface area contributed by atoms with E-state index in [1.165, 1.54) is 11.8 Å². The Balaban J connectivity index is 2.07. The van der Waals surface area contributed by atoms with Crippen molar-refractivity contribution in [1.82, 2.24) is 9.97 Å². The molecule has 2 aromatic rings. The second-order valence-electron chi connectivity index (χ2n) is 4.91. The zero-order chi connectivity index (χ0) is 17.5. The van der Waals surface area contributed by atoms with Gasteiger partial charge >= 0.3 is 5.97 Å². The molecule has 0 aliphatic carbocycles. The summed E-state index contributed by atoms with van der Waals surface area (Å²) in [4.78, 5) is 21.9. The number of hydrogen-bond donors (Lipinski definition) is 0. The molecule has 0 radical (unpaired) electrons. The number of carbonyl (C=O) groups excluding carboxylic acids is 1. The number of anilines is 1. The third-order valence-corrected chi connectivity index (χ3v) is 4.23. The average Bonchev–Trinajstić information content (AvgIpc) is 2.53. The molecule has 5 nitrogen and oxygen atoms in total. The van der Waals surface area contributed by atoms with Gasteiger partial charge in [0.15, 0.2) is 5.16 Å². The fraction of sp³-hybridized carbons (Fsp3) is 0.312. The molecule has 24 heavy (non-hydrogen) atoms. The fourth-order valence-electron chi connectivity index (χ4n) is 1.96. The highest BCUT2D eigenvalue weighted by atomic mass is 35.5.